The number of nitrogens with one attached hydrogen (secondary N) is 1. The second-order valence-corrected chi connectivity index (χ2v) is 6.51. The molecule has 1 aliphatic rings. The lowest BCUT2D eigenvalue weighted by Crippen LogP contribution is -2.41. The molecule has 1 saturated heterocycles. The zero-order chi connectivity index (χ0) is 16.8. The number of hydrogen-bond donors (Lipinski definition) is 1. The minimum Gasteiger partial charge on any atom is -0.452 e. The van der Waals surface area contributed by atoms with Crippen LogP contribution in [-0.2, 0) is 14.3 Å². The van der Waals surface area contributed by atoms with Crippen molar-refractivity contribution in [2.45, 2.75) is 24.3 Å². The third-order valence-corrected chi connectivity index (χ3v) is 4.43. The Morgan fingerprint density at radius 1 is 1.39 bits per heavy atom. The molecule has 1 aromatic carbocycles. The molecule has 0 saturated carbocycles. The molecule has 0 aromatic heterocycles. The van der Waals surface area contributed by atoms with Crippen molar-refractivity contribution < 1.29 is 19.1 Å². The first-order valence-electron chi connectivity index (χ1n) is 7.14. The summed E-state index contributed by atoms with van der Waals surface area (Å²) in [5.41, 5.74) is 0. The van der Waals surface area contributed by atoms with E-state index in [4.69, 9.17) is 16.3 Å². The van der Waals surface area contributed by atoms with Gasteiger partial charge in [-0.1, -0.05) is 11.6 Å². The summed E-state index contributed by atoms with van der Waals surface area (Å²) in [5.74, 6) is -0.434. The van der Waals surface area contributed by atoms with Crippen LogP contribution in [0.4, 0.5) is 4.79 Å². The summed E-state index contributed by atoms with van der Waals surface area (Å²) < 4.78 is 5.09. The van der Waals surface area contributed by atoms with Crippen LogP contribution in [0.5, 0.6) is 0 Å². The fourth-order valence-corrected chi connectivity index (χ4v) is 2.95. The van der Waals surface area contributed by atoms with Gasteiger partial charge < -0.3 is 10.1 Å². The number of esters is 1. The minimum atomic E-state index is -0.966. The smallest absolute Gasteiger partial charge is 0.324 e. The molecule has 8 heteroatoms. The van der Waals surface area contributed by atoms with Crippen LogP contribution in [0.25, 0.3) is 0 Å². The number of urea groups is 1. The van der Waals surface area contributed by atoms with Gasteiger partial charge in [-0.25, -0.2) is 4.79 Å². The molecule has 1 atom stereocenters. The lowest BCUT2D eigenvalue weighted by atomic mass is 10.3. The lowest BCUT2D eigenvalue weighted by molar-refractivity contribution is -0.157. The summed E-state index contributed by atoms with van der Waals surface area (Å²) in [6.07, 6.45) is -0.788. The molecule has 1 N–H and O–H groups in total. The van der Waals surface area contributed by atoms with E-state index in [0.29, 0.717) is 23.9 Å². The van der Waals surface area contributed by atoms with Crippen molar-refractivity contribution >= 4 is 41.3 Å². The van der Waals surface area contributed by atoms with Gasteiger partial charge in [0, 0.05) is 28.8 Å². The highest BCUT2D eigenvalue weighted by atomic mass is 35.5. The quantitative estimate of drug-likeness (QED) is 0.625. The van der Waals surface area contributed by atoms with Crippen LogP contribution in [0.1, 0.15) is 13.3 Å². The standard InChI is InChI=1S/C15H17ClN2O4S/c1-10(14(20)18-8-7-17-15(18)21)22-13(19)6-9-23-12-4-2-11(16)3-5-12/h2-5,10H,6-9H2,1H3,(H,17,21). The third-order valence-electron chi connectivity index (χ3n) is 3.17. The highest BCUT2D eigenvalue weighted by molar-refractivity contribution is 7.99. The minimum absolute atomic E-state index is 0.178. The number of nitrogens with zero attached hydrogens (tertiary/aromatic N) is 1. The van der Waals surface area contributed by atoms with Gasteiger partial charge in [0.2, 0.25) is 0 Å². The highest BCUT2D eigenvalue weighted by Crippen LogP contribution is 2.21. The second-order valence-electron chi connectivity index (χ2n) is 4.91. The van der Waals surface area contributed by atoms with Gasteiger partial charge in [0.05, 0.1) is 6.42 Å². The molecular formula is C15H17ClN2O4S. The van der Waals surface area contributed by atoms with Gasteiger partial charge in [0.15, 0.2) is 6.10 Å². The Labute approximate surface area is 143 Å². The normalized spacial score (nSPS) is 15.2. The zero-order valence-electron chi connectivity index (χ0n) is 12.6. The van der Waals surface area contributed by atoms with Crippen LogP contribution < -0.4 is 5.32 Å². The number of benzene rings is 1. The molecule has 0 radical (unpaired) electrons. The lowest BCUT2D eigenvalue weighted by Gasteiger charge is -2.18. The predicted molar refractivity (Wildman–Crippen MR) is 87.5 cm³/mol. The molecule has 0 bridgehead atoms. The Bertz CT molecular complexity index is 594. The molecule has 1 unspecified atom stereocenters. The maximum absolute atomic E-state index is 12.0. The van der Waals surface area contributed by atoms with Gasteiger partial charge in [0.25, 0.3) is 5.91 Å². The van der Waals surface area contributed by atoms with E-state index in [0.717, 1.165) is 9.80 Å². The van der Waals surface area contributed by atoms with Crippen molar-refractivity contribution in [3.05, 3.63) is 29.3 Å². The molecule has 1 fully saturated rings. The monoisotopic (exact) mass is 356 g/mol. The van der Waals surface area contributed by atoms with E-state index in [1.165, 1.54) is 18.7 Å². The first-order valence-corrected chi connectivity index (χ1v) is 8.51. The van der Waals surface area contributed by atoms with Gasteiger partial charge in [-0.05, 0) is 31.2 Å². The topological polar surface area (TPSA) is 75.7 Å². The van der Waals surface area contributed by atoms with Crippen molar-refractivity contribution in [1.29, 1.82) is 0 Å². The summed E-state index contributed by atoms with van der Waals surface area (Å²) in [5, 5.41) is 3.19. The summed E-state index contributed by atoms with van der Waals surface area (Å²) in [7, 11) is 0. The largest absolute Gasteiger partial charge is 0.452 e. The van der Waals surface area contributed by atoms with Crippen molar-refractivity contribution in [3.8, 4) is 0 Å². The van der Waals surface area contributed by atoms with E-state index in [-0.39, 0.29) is 6.42 Å². The molecule has 6 nitrogen and oxygen atoms in total. The molecule has 1 heterocycles. The number of amides is 3. The Morgan fingerprint density at radius 2 is 2.09 bits per heavy atom. The van der Waals surface area contributed by atoms with Gasteiger partial charge in [0.1, 0.15) is 0 Å². The fraction of sp³-hybridized carbons (Fsp3) is 0.400. The summed E-state index contributed by atoms with van der Waals surface area (Å²) in [6.45, 7) is 2.19. The molecule has 124 valence electrons. The Hall–Kier alpha value is -1.73. The molecular weight excluding hydrogens is 340 g/mol. The number of rotatable bonds is 6. The molecule has 23 heavy (non-hydrogen) atoms. The van der Waals surface area contributed by atoms with Crippen LogP contribution in [0.15, 0.2) is 29.2 Å². The predicted octanol–water partition coefficient (Wildman–Crippen LogP) is 2.31. The molecule has 0 spiro atoms. The van der Waals surface area contributed by atoms with Crippen LogP contribution in [0.3, 0.4) is 0 Å². The van der Waals surface area contributed by atoms with Crippen LogP contribution in [-0.4, -0.2) is 47.8 Å². The number of ether oxygens (including phenoxy) is 1. The number of thioether (sulfide) groups is 1. The number of carbonyl (C=O) groups excluding carboxylic acids is 3. The number of carbonyl (C=O) groups is 3. The van der Waals surface area contributed by atoms with Crippen LogP contribution in [0.2, 0.25) is 5.02 Å². The summed E-state index contributed by atoms with van der Waals surface area (Å²) in [4.78, 5) is 37.2. The number of hydrogen-bond acceptors (Lipinski definition) is 5. The number of imide groups is 1. The third kappa shape index (κ3) is 5.14. The van der Waals surface area contributed by atoms with Crippen LogP contribution >= 0.6 is 23.4 Å². The van der Waals surface area contributed by atoms with E-state index >= 15 is 0 Å². The SMILES string of the molecule is CC(OC(=O)CCSc1ccc(Cl)cc1)C(=O)N1CCNC1=O. The first kappa shape index (κ1) is 17.6. The zero-order valence-corrected chi connectivity index (χ0v) is 14.2. The van der Waals surface area contributed by atoms with Gasteiger partial charge >= 0.3 is 12.0 Å². The Balaban J connectivity index is 1.72. The van der Waals surface area contributed by atoms with Crippen molar-refractivity contribution in [2.75, 3.05) is 18.8 Å². The average Bonchev–Trinajstić information content (AvgIpc) is 2.94. The van der Waals surface area contributed by atoms with Crippen molar-refractivity contribution in [1.82, 2.24) is 10.2 Å². The van der Waals surface area contributed by atoms with Crippen LogP contribution in [0, 0.1) is 0 Å². The molecule has 1 aromatic rings. The average molecular weight is 357 g/mol. The van der Waals surface area contributed by atoms with E-state index in [9.17, 15) is 14.4 Å². The molecule has 0 aliphatic carbocycles. The van der Waals surface area contributed by atoms with Gasteiger partial charge in [-0.15, -0.1) is 11.8 Å². The summed E-state index contributed by atoms with van der Waals surface area (Å²) in [6, 6.07) is 6.86. The maximum Gasteiger partial charge on any atom is 0.324 e. The highest BCUT2D eigenvalue weighted by Gasteiger charge is 2.31. The fourth-order valence-electron chi connectivity index (χ4n) is 1.99. The Kier molecular flexibility index (Phi) is 6.29. The van der Waals surface area contributed by atoms with E-state index < -0.39 is 24.0 Å². The maximum atomic E-state index is 12.0. The van der Waals surface area contributed by atoms with E-state index in [2.05, 4.69) is 5.32 Å². The molecule has 2 rings (SSSR count). The molecule has 3 amide bonds. The Morgan fingerprint density at radius 3 is 2.70 bits per heavy atom. The van der Waals surface area contributed by atoms with E-state index in [1.54, 1.807) is 12.1 Å². The van der Waals surface area contributed by atoms with Gasteiger partial charge in [-0.2, -0.15) is 0 Å². The first-order chi connectivity index (χ1) is 11.0. The van der Waals surface area contributed by atoms with Crippen molar-refractivity contribution in [3.63, 3.8) is 0 Å². The second kappa shape index (κ2) is 8.21. The molecule has 1 aliphatic heterocycles. The summed E-state index contributed by atoms with van der Waals surface area (Å²) >= 11 is 7.30. The van der Waals surface area contributed by atoms with Crippen molar-refractivity contribution in [2.24, 2.45) is 0 Å². The number of halogens is 1. The van der Waals surface area contributed by atoms with E-state index in [1.807, 2.05) is 12.1 Å². The van der Waals surface area contributed by atoms with Gasteiger partial charge in [-0.3, -0.25) is 14.5 Å².